The number of hydrogen-bond acceptors (Lipinski definition) is 5. The van der Waals surface area contributed by atoms with Crippen LogP contribution in [0.15, 0.2) is 47.4 Å². The molecule has 1 N–H and O–H groups in total. The molecule has 0 spiro atoms. The molecule has 1 aliphatic heterocycles. The van der Waals surface area contributed by atoms with Crippen molar-refractivity contribution >= 4 is 54.6 Å². The van der Waals surface area contributed by atoms with E-state index in [9.17, 15) is 13.2 Å². The molecule has 31 heavy (non-hydrogen) atoms. The molecule has 2 aromatic carbocycles. The maximum atomic E-state index is 13.1. The Hall–Kier alpha value is -2.13. The second-order valence-corrected chi connectivity index (χ2v) is 10.6. The first-order valence-corrected chi connectivity index (χ1v) is 12.8. The van der Waals surface area contributed by atoms with Gasteiger partial charge < -0.3 is 10.1 Å². The van der Waals surface area contributed by atoms with Gasteiger partial charge in [-0.1, -0.05) is 36.2 Å². The summed E-state index contributed by atoms with van der Waals surface area (Å²) in [6.07, 6.45) is 2.74. The van der Waals surface area contributed by atoms with E-state index >= 15 is 0 Å². The second-order valence-electron chi connectivity index (χ2n) is 7.25. The maximum Gasteiger partial charge on any atom is 0.267 e. The molecule has 3 aromatic rings. The normalized spacial score (nSPS) is 15.2. The van der Waals surface area contributed by atoms with E-state index in [0.29, 0.717) is 41.0 Å². The maximum absolute atomic E-state index is 13.1. The number of sulfonamides is 1. The summed E-state index contributed by atoms with van der Waals surface area (Å²) in [6, 6.07) is 12.1. The SMILES string of the molecule is CCOc1ccc(S(=O)(=O)N2CCCCC2)cc1NC(=O)c1sc2ccccc2c1Cl. The largest absolute Gasteiger partial charge is 0.492 e. The van der Waals surface area contributed by atoms with Crippen LogP contribution in [0.1, 0.15) is 35.9 Å². The number of hydrogen-bond donors (Lipinski definition) is 1. The van der Waals surface area contributed by atoms with E-state index in [4.69, 9.17) is 16.3 Å². The number of benzene rings is 2. The minimum Gasteiger partial charge on any atom is -0.492 e. The Morgan fingerprint density at radius 2 is 1.90 bits per heavy atom. The number of carbonyl (C=O) groups is 1. The van der Waals surface area contributed by atoms with Crippen LogP contribution in [-0.4, -0.2) is 38.3 Å². The van der Waals surface area contributed by atoms with Gasteiger partial charge in [-0.3, -0.25) is 4.79 Å². The van der Waals surface area contributed by atoms with Gasteiger partial charge in [-0.25, -0.2) is 8.42 Å². The molecule has 4 rings (SSSR count). The number of nitrogens with one attached hydrogen (secondary N) is 1. The monoisotopic (exact) mass is 478 g/mol. The molecule has 0 atom stereocenters. The summed E-state index contributed by atoms with van der Waals surface area (Å²) in [4.78, 5) is 13.5. The lowest BCUT2D eigenvalue weighted by Crippen LogP contribution is -2.35. The van der Waals surface area contributed by atoms with Crippen LogP contribution in [0.25, 0.3) is 10.1 Å². The Kier molecular flexibility index (Phi) is 6.52. The third-order valence-corrected chi connectivity index (χ3v) is 8.76. The van der Waals surface area contributed by atoms with Crippen LogP contribution in [0, 0.1) is 0 Å². The molecule has 0 aliphatic carbocycles. The van der Waals surface area contributed by atoms with Gasteiger partial charge in [-0.05, 0) is 44.0 Å². The Morgan fingerprint density at radius 1 is 1.16 bits per heavy atom. The van der Waals surface area contributed by atoms with Gasteiger partial charge in [0.15, 0.2) is 0 Å². The van der Waals surface area contributed by atoms with Gasteiger partial charge in [-0.15, -0.1) is 11.3 Å². The van der Waals surface area contributed by atoms with E-state index in [1.54, 1.807) is 6.07 Å². The van der Waals surface area contributed by atoms with Gasteiger partial charge in [0.05, 0.1) is 22.2 Å². The number of ether oxygens (including phenoxy) is 1. The predicted octanol–water partition coefficient (Wildman–Crippen LogP) is 5.38. The standard InChI is InChI=1S/C22H23ClN2O4S2/c1-2-29-18-11-10-15(31(27,28)25-12-6-3-7-13-25)14-17(18)24-22(26)21-20(23)16-8-4-5-9-19(16)30-21/h4-5,8-11,14H,2-3,6-7,12-13H2,1H3,(H,24,26). The fourth-order valence-electron chi connectivity index (χ4n) is 3.64. The summed E-state index contributed by atoms with van der Waals surface area (Å²) < 4.78 is 34.2. The van der Waals surface area contributed by atoms with Gasteiger partial charge in [0.2, 0.25) is 10.0 Å². The Balaban J connectivity index is 1.68. The Morgan fingerprint density at radius 3 is 2.61 bits per heavy atom. The van der Waals surface area contributed by atoms with Crippen LogP contribution in [0.2, 0.25) is 5.02 Å². The highest BCUT2D eigenvalue weighted by molar-refractivity contribution is 7.89. The first-order valence-electron chi connectivity index (χ1n) is 10.2. The van der Waals surface area contributed by atoms with Crippen LogP contribution < -0.4 is 10.1 Å². The zero-order valence-corrected chi connectivity index (χ0v) is 19.4. The highest BCUT2D eigenvalue weighted by atomic mass is 35.5. The molecule has 1 amide bonds. The number of fused-ring (bicyclic) bond motifs is 1. The molecule has 164 valence electrons. The van der Waals surface area contributed by atoms with Gasteiger partial charge in [-0.2, -0.15) is 4.31 Å². The van der Waals surface area contributed by atoms with Crippen molar-refractivity contribution in [2.24, 2.45) is 0 Å². The topological polar surface area (TPSA) is 75.7 Å². The fourth-order valence-corrected chi connectivity index (χ4v) is 6.60. The summed E-state index contributed by atoms with van der Waals surface area (Å²) >= 11 is 7.73. The average molecular weight is 479 g/mol. The van der Waals surface area contributed by atoms with Crippen molar-refractivity contribution < 1.29 is 17.9 Å². The average Bonchev–Trinajstić information content (AvgIpc) is 3.12. The molecular formula is C22H23ClN2O4S2. The Labute approximate surface area is 190 Å². The van der Waals surface area contributed by atoms with Gasteiger partial charge in [0.1, 0.15) is 10.6 Å². The van der Waals surface area contributed by atoms with Crippen molar-refractivity contribution in [1.82, 2.24) is 4.31 Å². The molecule has 1 saturated heterocycles. The lowest BCUT2D eigenvalue weighted by atomic mass is 10.2. The molecule has 2 heterocycles. The molecule has 0 saturated carbocycles. The summed E-state index contributed by atoms with van der Waals surface area (Å²) in [6.45, 7) is 3.22. The van der Waals surface area contributed by atoms with E-state index in [2.05, 4.69) is 5.32 Å². The summed E-state index contributed by atoms with van der Waals surface area (Å²) in [5, 5.41) is 4.00. The number of anilines is 1. The van der Waals surface area contributed by atoms with Crippen molar-refractivity contribution in [2.45, 2.75) is 31.1 Å². The summed E-state index contributed by atoms with van der Waals surface area (Å²) in [5.41, 5.74) is 0.304. The molecule has 1 aliphatic rings. The fraction of sp³-hybridized carbons (Fsp3) is 0.318. The highest BCUT2D eigenvalue weighted by Crippen LogP contribution is 2.37. The van der Waals surface area contributed by atoms with E-state index in [1.165, 1.54) is 27.8 Å². The van der Waals surface area contributed by atoms with Gasteiger partial charge in [0, 0.05) is 23.2 Å². The van der Waals surface area contributed by atoms with E-state index in [-0.39, 0.29) is 4.90 Å². The third kappa shape index (κ3) is 4.43. The zero-order valence-electron chi connectivity index (χ0n) is 17.1. The number of rotatable bonds is 6. The quantitative estimate of drug-likeness (QED) is 0.516. The first kappa shape index (κ1) is 22.1. The molecule has 0 radical (unpaired) electrons. The van der Waals surface area contributed by atoms with Crippen LogP contribution in [-0.2, 0) is 10.0 Å². The zero-order chi connectivity index (χ0) is 22.0. The van der Waals surface area contributed by atoms with Crippen LogP contribution in [0.5, 0.6) is 5.75 Å². The molecule has 1 aromatic heterocycles. The van der Waals surface area contributed by atoms with Crippen molar-refractivity contribution in [1.29, 1.82) is 0 Å². The lowest BCUT2D eigenvalue weighted by Gasteiger charge is -2.26. The van der Waals surface area contributed by atoms with Gasteiger partial charge in [0.25, 0.3) is 5.91 Å². The second kappa shape index (κ2) is 9.16. The third-order valence-electron chi connectivity index (χ3n) is 5.19. The molecule has 9 heteroatoms. The number of carbonyl (C=O) groups excluding carboxylic acids is 1. The summed E-state index contributed by atoms with van der Waals surface area (Å²) in [5.74, 6) is 0.00495. The summed E-state index contributed by atoms with van der Waals surface area (Å²) in [7, 11) is -3.64. The molecule has 0 unspecified atom stereocenters. The van der Waals surface area contributed by atoms with Gasteiger partial charge >= 0.3 is 0 Å². The Bertz CT molecular complexity index is 1220. The van der Waals surface area contributed by atoms with Crippen LogP contribution >= 0.6 is 22.9 Å². The van der Waals surface area contributed by atoms with Crippen LogP contribution in [0.4, 0.5) is 5.69 Å². The molecular weight excluding hydrogens is 456 g/mol. The molecule has 0 bridgehead atoms. The number of nitrogens with zero attached hydrogens (tertiary/aromatic N) is 1. The lowest BCUT2D eigenvalue weighted by molar-refractivity contribution is 0.103. The predicted molar refractivity (Wildman–Crippen MR) is 125 cm³/mol. The van der Waals surface area contributed by atoms with Crippen LogP contribution in [0.3, 0.4) is 0 Å². The minimum absolute atomic E-state index is 0.135. The minimum atomic E-state index is -3.64. The molecule has 6 nitrogen and oxygen atoms in total. The first-order chi connectivity index (χ1) is 14.9. The number of thiophene rings is 1. The highest BCUT2D eigenvalue weighted by Gasteiger charge is 2.27. The van der Waals surface area contributed by atoms with E-state index < -0.39 is 15.9 Å². The number of piperidine rings is 1. The van der Waals surface area contributed by atoms with Crippen molar-refractivity contribution in [3.05, 3.63) is 52.4 Å². The van der Waals surface area contributed by atoms with E-state index in [1.807, 2.05) is 31.2 Å². The van der Waals surface area contributed by atoms with E-state index in [0.717, 1.165) is 29.3 Å². The smallest absolute Gasteiger partial charge is 0.267 e. The van der Waals surface area contributed by atoms with Crippen molar-refractivity contribution in [2.75, 3.05) is 25.0 Å². The number of amides is 1. The van der Waals surface area contributed by atoms with Crippen molar-refractivity contribution in [3.63, 3.8) is 0 Å². The van der Waals surface area contributed by atoms with Crippen molar-refractivity contribution in [3.8, 4) is 5.75 Å². The number of halogens is 1. The molecule has 1 fully saturated rings.